The summed E-state index contributed by atoms with van der Waals surface area (Å²) in [5.74, 6) is 0.0207. The Balaban J connectivity index is 1.47. The summed E-state index contributed by atoms with van der Waals surface area (Å²) in [6.45, 7) is 3.27. The van der Waals surface area contributed by atoms with E-state index >= 15 is 0 Å². The van der Waals surface area contributed by atoms with Gasteiger partial charge in [-0.2, -0.15) is 0 Å². The zero-order chi connectivity index (χ0) is 19.8. The second-order valence-corrected chi connectivity index (χ2v) is 9.46. The highest BCUT2D eigenvalue weighted by Gasteiger charge is 2.60. The fourth-order valence-corrected chi connectivity index (χ4v) is 5.94. The topological polar surface area (TPSA) is 66.3 Å². The Morgan fingerprint density at radius 3 is 2.83 bits per heavy atom. The van der Waals surface area contributed by atoms with Gasteiger partial charge in [0.15, 0.2) is 0 Å². The molecule has 150 valence electrons. The molecule has 0 radical (unpaired) electrons. The lowest BCUT2D eigenvalue weighted by Gasteiger charge is -2.39. The number of rotatable bonds is 3. The number of aliphatic carboxylic acids is 1. The van der Waals surface area contributed by atoms with E-state index in [1.807, 2.05) is 0 Å². The molecule has 1 saturated carbocycles. The number of fused-ring (bicyclic) bond motifs is 3. The van der Waals surface area contributed by atoms with Crippen molar-refractivity contribution in [1.29, 1.82) is 0 Å². The molecule has 1 spiro atoms. The van der Waals surface area contributed by atoms with Crippen molar-refractivity contribution in [3.8, 4) is 11.3 Å². The highest BCUT2D eigenvalue weighted by molar-refractivity contribution is 5.78. The van der Waals surface area contributed by atoms with E-state index in [1.54, 1.807) is 0 Å². The van der Waals surface area contributed by atoms with E-state index in [0.29, 0.717) is 6.04 Å². The molecule has 3 atom stereocenters. The van der Waals surface area contributed by atoms with E-state index in [2.05, 4.69) is 30.0 Å². The summed E-state index contributed by atoms with van der Waals surface area (Å²) in [4.78, 5) is 24.0. The van der Waals surface area contributed by atoms with Gasteiger partial charge in [-0.1, -0.05) is 12.1 Å². The second-order valence-electron chi connectivity index (χ2n) is 9.46. The standard InChI is InChI=1S/C24H27N3O2/c1-14-9-11-27(14)23-25-20-6-2-5-17(20)21(26-23)16-8-7-15-4-3-10-24(18(15)12-16)13-19(24)22(28)29/h7-8,12,14,19H,2-6,9-11,13H2,1H3,(H,28,29)/t14-,19?,24?/m0/s1. The quantitative estimate of drug-likeness (QED) is 0.862. The SMILES string of the molecule is C[C@H]1CCN1c1nc2c(c(-c3ccc4c(c3)C3(CCC4)CC3C(=O)O)n1)CCC2. The van der Waals surface area contributed by atoms with Gasteiger partial charge in [0, 0.05) is 34.8 Å². The number of nitrogens with zero attached hydrogens (tertiary/aromatic N) is 3. The predicted molar refractivity (Wildman–Crippen MR) is 111 cm³/mol. The Morgan fingerprint density at radius 2 is 2.10 bits per heavy atom. The first kappa shape index (κ1) is 17.4. The molecule has 5 nitrogen and oxygen atoms in total. The summed E-state index contributed by atoms with van der Waals surface area (Å²) in [6.07, 6.45) is 8.37. The van der Waals surface area contributed by atoms with Crippen molar-refractivity contribution >= 4 is 11.9 Å². The summed E-state index contributed by atoms with van der Waals surface area (Å²) >= 11 is 0. The van der Waals surface area contributed by atoms with Crippen LogP contribution in [0.5, 0.6) is 0 Å². The van der Waals surface area contributed by atoms with Gasteiger partial charge < -0.3 is 10.0 Å². The summed E-state index contributed by atoms with van der Waals surface area (Å²) in [5.41, 5.74) is 7.22. The molecule has 2 heterocycles. The maximum absolute atomic E-state index is 11.7. The number of aryl methyl sites for hydroxylation is 2. The lowest BCUT2D eigenvalue weighted by molar-refractivity contribution is -0.139. The highest BCUT2D eigenvalue weighted by atomic mass is 16.4. The minimum atomic E-state index is -0.639. The molecule has 1 aromatic carbocycles. The number of hydrogen-bond donors (Lipinski definition) is 1. The molecular formula is C24H27N3O2. The molecule has 6 rings (SSSR count). The van der Waals surface area contributed by atoms with Crippen LogP contribution in [0, 0.1) is 5.92 Å². The second kappa shape index (κ2) is 6.04. The molecule has 3 aliphatic carbocycles. The van der Waals surface area contributed by atoms with Gasteiger partial charge in [-0.05, 0) is 75.5 Å². The Bertz CT molecular complexity index is 1030. The molecule has 1 aromatic heterocycles. The molecule has 0 bridgehead atoms. The molecule has 1 saturated heterocycles. The van der Waals surface area contributed by atoms with Gasteiger partial charge in [-0.15, -0.1) is 0 Å². The Labute approximate surface area is 171 Å². The van der Waals surface area contributed by atoms with Crippen LogP contribution in [-0.2, 0) is 29.5 Å². The van der Waals surface area contributed by atoms with E-state index in [0.717, 1.165) is 68.7 Å². The monoisotopic (exact) mass is 389 g/mol. The van der Waals surface area contributed by atoms with Crippen LogP contribution in [0.25, 0.3) is 11.3 Å². The van der Waals surface area contributed by atoms with Gasteiger partial charge in [0.2, 0.25) is 5.95 Å². The third-order valence-electron chi connectivity index (χ3n) is 7.86. The maximum atomic E-state index is 11.7. The number of carbonyl (C=O) groups is 1. The smallest absolute Gasteiger partial charge is 0.307 e. The minimum absolute atomic E-state index is 0.138. The molecule has 2 aromatic rings. The van der Waals surface area contributed by atoms with Crippen molar-refractivity contribution in [3.63, 3.8) is 0 Å². The van der Waals surface area contributed by atoms with Crippen molar-refractivity contribution in [2.45, 2.75) is 69.7 Å². The number of aromatic nitrogens is 2. The van der Waals surface area contributed by atoms with Gasteiger partial charge in [0.05, 0.1) is 11.6 Å². The van der Waals surface area contributed by atoms with Crippen molar-refractivity contribution in [1.82, 2.24) is 9.97 Å². The van der Waals surface area contributed by atoms with Gasteiger partial charge in [0.25, 0.3) is 0 Å². The average Bonchev–Trinajstić information content (AvgIpc) is 3.23. The van der Waals surface area contributed by atoms with Crippen LogP contribution in [0.1, 0.15) is 61.4 Å². The van der Waals surface area contributed by atoms with Gasteiger partial charge in [-0.25, -0.2) is 9.97 Å². The van der Waals surface area contributed by atoms with Crippen molar-refractivity contribution in [2.75, 3.05) is 11.4 Å². The van der Waals surface area contributed by atoms with Crippen LogP contribution in [0.15, 0.2) is 18.2 Å². The third-order valence-corrected chi connectivity index (χ3v) is 7.86. The minimum Gasteiger partial charge on any atom is -0.481 e. The summed E-state index contributed by atoms with van der Waals surface area (Å²) in [5, 5.41) is 9.64. The van der Waals surface area contributed by atoms with Crippen LogP contribution in [0.4, 0.5) is 5.95 Å². The van der Waals surface area contributed by atoms with Crippen molar-refractivity contribution in [3.05, 3.63) is 40.6 Å². The number of benzene rings is 1. The fraction of sp³-hybridized carbons (Fsp3) is 0.542. The number of carboxylic acids is 1. The molecule has 5 heteroatoms. The molecule has 29 heavy (non-hydrogen) atoms. The molecule has 1 aliphatic heterocycles. The van der Waals surface area contributed by atoms with Crippen molar-refractivity contribution < 1.29 is 9.90 Å². The van der Waals surface area contributed by atoms with Gasteiger partial charge in [0.1, 0.15) is 0 Å². The molecule has 2 unspecified atom stereocenters. The number of hydrogen-bond acceptors (Lipinski definition) is 4. The first-order valence-electron chi connectivity index (χ1n) is 11.1. The average molecular weight is 389 g/mol. The summed E-state index contributed by atoms with van der Waals surface area (Å²) < 4.78 is 0. The normalized spacial score (nSPS) is 29.3. The Hall–Kier alpha value is -2.43. The molecular weight excluding hydrogens is 362 g/mol. The predicted octanol–water partition coefficient (Wildman–Crippen LogP) is 3.91. The van der Waals surface area contributed by atoms with E-state index in [4.69, 9.17) is 9.97 Å². The van der Waals surface area contributed by atoms with Crippen LogP contribution in [0.3, 0.4) is 0 Å². The first-order valence-corrected chi connectivity index (χ1v) is 11.1. The van der Waals surface area contributed by atoms with E-state index in [-0.39, 0.29) is 11.3 Å². The van der Waals surface area contributed by atoms with Gasteiger partial charge >= 0.3 is 5.97 Å². The van der Waals surface area contributed by atoms with E-state index < -0.39 is 5.97 Å². The van der Waals surface area contributed by atoms with E-state index in [1.165, 1.54) is 28.8 Å². The molecule has 1 N–H and O–H groups in total. The van der Waals surface area contributed by atoms with Crippen molar-refractivity contribution in [2.24, 2.45) is 5.92 Å². The highest BCUT2D eigenvalue weighted by Crippen LogP contribution is 2.60. The molecule has 4 aliphatic rings. The largest absolute Gasteiger partial charge is 0.481 e. The summed E-state index contributed by atoms with van der Waals surface area (Å²) in [6, 6.07) is 7.23. The molecule has 0 amide bonds. The lowest BCUT2D eigenvalue weighted by Crippen LogP contribution is -2.46. The lowest BCUT2D eigenvalue weighted by atomic mass is 9.77. The first-order chi connectivity index (χ1) is 14.1. The fourth-order valence-electron chi connectivity index (χ4n) is 5.94. The van der Waals surface area contributed by atoms with Gasteiger partial charge in [-0.3, -0.25) is 4.79 Å². The number of anilines is 1. The zero-order valence-corrected chi connectivity index (χ0v) is 16.9. The van der Waals surface area contributed by atoms with E-state index in [9.17, 15) is 9.90 Å². The molecule has 2 fully saturated rings. The van der Waals surface area contributed by atoms with Crippen LogP contribution >= 0.6 is 0 Å². The zero-order valence-electron chi connectivity index (χ0n) is 16.9. The third kappa shape index (κ3) is 2.49. The van der Waals surface area contributed by atoms with Crippen LogP contribution < -0.4 is 4.90 Å². The maximum Gasteiger partial charge on any atom is 0.307 e. The summed E-state index contributed by atoms with van der Waals surface area (Å²) in [7, 11) is 0. The number of carboxylic acid groups (broad SMARTS) is 1. The Kier molecular flexibility index (Phi) is 3.63. The van der Waals surface area contributed by atoms with Crippen LogP contribution in [-0.4, -0.2) is 33.6 Å². The van der Waals surface area contributed by atoms with Crippen LogP contribution in [0.2, 0.25) is 0 Å². The Morgan fingerprint density at radius 1 is 1.21 bits per heavy atom.